The molecule has 16 heavy (non-hydrogen) atoms. The van der Waals surface area contributed by atoms with Crippen molar-refractivity contribution < 1.29 is 9.47 Å². The number of allylic oxidation sites excluding steroid dienone is 4. The van der Waals surface area contributed by atoms with Crippen LogP contribution in [0, 0.1) is 0 Å². The van der Waals surface area contributed by atoms with Crippen LogP contribution in [0.2, 0.25) is 0 Å². The fourth-order valence-corrected chi connectivity index (χ4v) is 2.09. The van der Waals surface area contributed by atoms with Crippen molar-refractivity contribution in [2.24, 2.45) is 0 Å². The van der Waals surface area contributed by atoms with Crippen molar-refractivity contribution in [2.45, 2.75) is 51.2 Å². The van der Waals surface area contributed by atoms with Crippen LogP contribution < -0.4 is 0 Å². The molecule has 2 nitrogen and oxygen atoms in total. The predicted octanol–water partition coefficient (Wildman–Crippen LogP) is 4.06. The average molecular weight is 220 g/mol. The standard InChI is InChI=1S/C14H20O2/c1-2-7-14(15-12-8-3-4-9-12)16-13-10-5-6-11-13/h2,8,10,14H,1,3-7,9,11H2. The van der Waals surface area contributed by atoms with E-state index in [1.807, 2.05) is 6.08 Å². The number of hydrogen-bond acceptors (Lipinski definition) is 2. The Hall–Kier alpha value is -1.18. The van der Waals surface area contributed by atoms with Gasteiger partial charge in [0.1, 0.15) is 0 Å². The molecule has 0 aromatic heterocycles. The lowest BCUT2D eigenvalue weighted by Crippen LogP contribution is -2.15. The van der Waals surface area contributed by atoms with E-state index >= 15 is 0 Å². The second-order valence-corrected chi connectivity index (χ2v) is 4.31. The minimum Gasteiger partial charge on any atom is -0.459 e. The highest BCUT2D eigenvalue weighted by Crippen LogP contribution is 2.25. The molecule has 2 rings (SSSR count). The smallest absolute Gasteiger partial charge is 0.243 e. The predicted molar refractivity (Wildman–Crippen MR) is 64.6 cm³/mol. The molecule has 0 spiro atoms. The Kier molecular flexibility index (Phi) is 4.09. The maximum atomic E-state index is 5.84. The Morgan fingerprint density at radius 2 is 1.69 bits per heavy atom. The van der Waals surface area contributed by atoms with Gasteiger partial charge in [-0.2, -0.15) is 0 Å². The van der Waals surface area contributed by atoms with E-state index in [9.17, 15) is 0 Å². The molecule has 0 atom stereocenters. The largest absolute Gasteiger partial charge is 0.459 e. The van der Waals surface area contributed by atoms with Crippen molar-refractivity contribution in [3.8, 4) is 0 Å². The maximum Gasteiger partial charge on any atom is 0.243 e. The normalized spacial score (nSPS) is 19.6. The van der Waals surface area contributed by atoms with Gasteiger partial charge in [-0.05, 0) is 37.8 Å². The van der Waals surface area contributed by atoms with E-state index in [1.165, 1.54) is 12.8 Å². The zero-order chi connectivity index (χ0) is 11.2. The Morgan fingerprint density at radius 3 is 2.06 bits per heavy atom. The molecule has 0 aliphatic heterocycles. The fraction of sp³-hybridized carbons (Fsp3) is 0.571. The Bertz CT molecular complexity index is 276. The van der Waals surface area contributed by atoms with Gasteiger partial charge in [-0.3, -0.25) is 0 Å². The Labute approximate surface area is 97.6 Å². The molecule has 0 amide bonds. The molecule has 0 aromatic carbocycles. The maximum absolute atomic E-state index is 5.84. The molecule has 2 aliphatic carbocycles. The minimum absolute atomic E-state index is 0.175. The van der Waals surface area contributed by atoms with Crippen molar-refractivity contribution >= 4 is 0 Å². The van der Waals surface area contributed by atoms with Crippen LogP contribution >= 0.6 is 0 Å². The van der Waals surface area contributed by atoms with E-state index in [2.05, 4.69) is 18.7 Å². The molecule has 0 N–H and O–H groups in total. The second kappa shape index (κ2) is 5.78. The van der Waals surface area contributed by atoms with E-state index in [4.69, 9.17) is 9.47 Å². The fourth-order valence-electron chi connectivity index (χ4n) is 2.09. The first-order valence-electron chi connectivity index (χ1n) is 6.21. The highest BCUT2D eigenvalue weighted by molar-refractivity contribution is 5.02. The van der Waals surface area contributed by atoms with Crippen LogP contribution in [0.4, 0.5) is 0 Å². The van der Waals surface area contributed by atoms with Gasteiger partial charge in [0.25, 0.3) is 0 Å². The zero-order valence-corrected chi connectivity index (χ0v) is 9.78. The molecule has 0 unspecified atom stereocenters. The van der Waals surface area contributed by atoms with Crippen LogP contribution in [0.25, 0.3) is 0 Å². The molecule has 0 heterocycles. The third-order valence-electron chi connectivity index (χ3n) is 2.92. The van der Waals surface area contributed by atoms with Crippen LogP contribution in [0.1, 0.15) is 44.9 Å². The highest BCUT2D eigenvalue weighted by atomic mass is 16.7. The van der Waals surface area contributed by atoms with Crippen LogP contribution in [0.5, 0.6) is 0 Å². The van der Waals surface area contributed by atoms with Crippen molar-refractivity contribution in [1.29, 1.82) is 0 Å². The number of hydrogen-bond donors (Lipinski definition) is 0. The summed E-state index contributed by atoms with van der Waals surface area (Å²) in [4.78, 5) is 0. The molecular weight excluding hydrogens is 200 g/mol. The van der Waals surface area contributed by atoms with Gasteiger partial charge in [-0.25, -0.2) is 0 Å². The number of ether oxygens (including phenoxy) is 2. The summed E-state index contributed by atoms with van der Waals surface area (Å²) in [6, 6.07) is 0. The molecule has 0 saturated heterocycles. The summed E-state index contributed by atoms with van der Waals surface area (Å²) in [5.41, 5.74) is 0. The zero-order valence-electron chi connectivity index (χ0n) is 9.78. The molecule has 0 saturated carbocycles. The van der Waals surface area contributed by atoms with Crippen molar-refractivity contribution in [3.63, 3.8) is 0 Å². The van der Waals surface area contributed by atoms with Crippen LogP contribution in [-0.4, -0.2) is 6.29 Å². The van der Waals surface area contributed by atoms with Gasteiger partial charge in [-0.1, -0.05) is 6.08 Å². The lowest BCUT2D eigenvalue weighted by Gasteiger charge is -2.20. The number of rotatable bonds is 6. The van der Waals surface area contributed by atoms with Gasteiger partial charge in [-0.15, -0.1) is 6.58 Å². The van der Waals surface area contributed by atoms with Gasteiger partial charge in [0.2, 0.25) is 6.29 Å². The average Bonchev–Trinajstić information content (AvgIpc) is 2.91. The van der Waals surface area contributed by atoms with Gasteiger partial charge < -0.3 is 9.47 Å². The van der Waals surface area contributed by atoms with E-state index in [-0.39, 0.29) is 6.29 Å². The Morgan fingerprint density at radius 1 is 1.12 bits per heavy atom. The minimum atomic E-state index is -0.175. The summed E-state index contributed by atoms with van der Waals surface area (Å²) >= 11 is 0. The van der Waals surface area contributed by atoms with Crippen molar-refractivity contribution in [3.05, 3.63) is 36.3 Å². The molecule has 0 radical (unpaired) electrons. The molecule has 0 aromatic rings. The molecular formula is C14H20O2. The van der Waals surface area contributed by atoms with Crippen LogP contribution in [-0.2, 0) is 9.47 Å². The first-order valence-corrected chi connectivity index (χ1v) is 6.21. The van der Waals surface area contributed by atoms with Gasteiger partial charge >= 0.3 is 0 Å². The van der Waals surface area contributed by atoms with E-state index in [0.717, 1.165) is 43.6 Å². The topological polar surface area (TPSA) is 18.5 Å². The second-order valence-electron chi connectivity index (χ2n) is 4.31. The van der Waals surface area contributed by atoms with Crippen LogP contribution in [0.3, 0.4) is 0 Å². The van der Waals surface area contributed by atoms with Gasteiger partial charge in [0, 0.05) is 19.3 Å². The van der Waals surface area contributed by atoms with Gasteiger partial charge in [0.15, 0.2) is 0 Å². The lowest BCUT2D eigenvalue weighted by molar-refractivity contribution is -0.0856. The van der Waals surface area contributed by atoms with E-state index in [1.54, 1.807) is 0 Å². The SMILES string of the molecule is C=CCC(OC1=CCCC1)OC1=CCCC1. The molecule has 88 valence electrons. The Balaban J connectivity index is 1.85. The summed E-state index contributed by atoms with van der Waals surface area (Å²) in [6.45, 7) is 3.75. The van der Waals surface area contributed by atoms with E-state index < -0.39 is 0 Å². The first kappa shape index (κ1) is 11.3. The first-order chi connectivity index (χ1) is 7.88. The molecule has 2 aliphatic rings. The third-order valence-corrected chi connectivity index (χ3v) is 2.92. The van der Waals surface area contributed by atoms with Crippen LogP contribution in [0.15, 0.2) is 36.3 Å². The van der Waals surface area contributed by atoms with Crippen molar-refractivity contribution in [1.82, 2.24) is 0 Å². The quantitative estimate of drug-likeness (QED) is 0.496. The van der Waals surface area contributed by atoms with Gasteiger partial charge in [0.05, 0.1) is 11.5 Å². The summed E-state index contributed by atoms with van der Waals surface area (Å²) in [5.74, 6) is 2.18. The van der Waals surface area contributed by atoms with E-state index in [0.29, 0.717) is 0 Å². The summed E-state index contributed by atoms with van der Waals surface area (Å²) < 4.78 is 11.7. The third kappa shape index (κ3) is 3.16. The summed E-state index contributed by atoms with van der Waals surface area (Å²) in [7, 11) is 0. The molecule has 2 heteroatoms. The monoisotopic (exact) mass is 220 g/mol. The molecule has 0 bridgehead atoms. The molecule has 0 fully saturated rings. The highest BCUT2D eigenvalue weighted by Gasteiger charge is 2.16. The lowest BCUT2D eigenvalue weighted by atomic mass is 10.3. The van der Waals surface area contributed by atoms with Crippen molar-refractivity contribution in [2.75, 3.05) is 0 Å². The summed E-state index contributed by atoms with van der Waals surface area (Å²) in [5, 5.41) is 0. The summed E-state index contributed by atoms with van der Waals surface area (Å²) in [6.07, 6.45) is 13.6.